The van der Waals surface area contributed by atoms with Crippen LogP contribution in [0.2, 0.25) is 0 Å². The SMILES string of the molecule is O=C(Nc1ccccn1)C1CCN(c2cc(-c3ccccc3)ncn2)CC1. The lowest BCUT2D eigenvalue weighted by Crippen LogP contribution is -2.38. The molecule has 6 nitrogen and oxygen atoms in total. The molecule has 136 valence electrons. The maximum Gasteiger partial charge on any atom is 0.228 e. The van der Waals surface area contributed by atoms with E-state index in [9.17, 15) is 4.79 Å². The van der Waals surface area contributed by atoms with Gasteiger partial charge in [0, 0.05) is 36.8 Å². The average Bonchev–Trinajstić information content (AvgIpc) is 2.75. The molecule has 0 bridgehead atoms. The molecular formula is C21H21N5O. The fourth-order valence-corrected chi connectivity index (χ4v) is 3.32. The van der Waals surface area contributed by atoms with E-state index < -0.39 is 0 Å². The topological polar surface area (TPSA) is 71.0 Å². The van der Waals surface area contributed by atoms with Crippen molar-refractivity contribution in [2.75, 3.05) is 23.3 Å². The highest BCUT2D eigenvalue weighted by Gasteiger charge is 2.26. The Morgan fingerprint density at radius 3 is 2.48 bits per heavy atom. The lowest BCUT2D eigenvalue weighted by atomic mass is 9.96. The number of hydrogen-bond donors (Lipinski definition) is 1. The van der Waals surface area contributed by atoms with Crippen LogP contribution in [0.25, 0.3) is 11.3 Å². The molecule has 0 saturated carbocycles. The molecule has 0 aliphatic carbocycles. The minimum absolute atomic E-state index is 0.00122. The second-order valence-electron chi connectivity index (χ2n) is 6.59. The Labute approximate surface area is 158 Å². The minimum Gasteiger partial charge on any atom is -0.356 e. The number of amides is 1. The Bertz CT molecular complexity index is 893. The number of carbonyl (C=O) groups is 1. The average molecular weight is 359 g/mol. The van der Waals surface area contributed by atoms with E-state index in [1.807, 2.05) is 48.5 Å². The van der Waals surface area contributed by atoms with Crippen LogP contribution in [0.1, 0.15) is 12.8 Å². The maximum atomic E-state index is 12.5. The molecular weight excluding hydrogens is 338 g/mol. The van der Waals surface area contributed by atoms with Gasteiger partial charge < -0.3 is 10.2 Å². The molecule has 3 heterocycles. The van der Waals surface area contributed by atoms with Crippen LogP contribution in [0.3, 0.4) is 0 Å². The third kappa shape index (κ3) is 4.11. The molecule has 1 aliphatic rings. The first-order valence-corrected chi connectivity index (χ1v) is 9.14. The summed E-state index contributed by atoms with van der Waals surface area (Å²) in [5.41, 5.74) is 1.99. The van der Waals surface area contributed by atoms with Gasteiger partial charge in [-0.3, -0.25) is 4.79 Å². The molecule has 1 N–H and O–H groups in total. The van der Waals surface area contributed by atoms with Gasteiger partial charge in [0.2, 0.25) is 5.91 Å². The molecule has 6 heteroatoms. The smallest absolute Gasteiger partial charge is 0.228 e. The first-order chi connectivity index (χ1) is 13.3. The van der Waals surface area contributed by atoms with Gasteiger partial charge in [-0.25, -0.2) is 15.0 Å². The van der Waals surface area contributed by atoms with Crippen molar-refractivity contribution in [3.8, 4) is 11.3 Å². The number of nitrogens with one attached hydrogen (secondary N) is 1. The van der Waals surface area contributed by atoms with Crippen LogP contribution in [0.5, 0.6) is 0 Å². The summed E-state index contributed by atoms with van der Waals surface area (Å²) < 4.78 is 0. The second-order valence-corrected chi connectivity index (χ2v) is 6.59. The Morgan fingerprint density at radius 2 is 1.74 bits per heavy atom. The lowest BCUT2D eigenvalue weighted by molar-refractivity contribution is -0.120. The van der Waals surface area contributed by atoms with E-state index in [-0.39, 0.29) is 11.8 Å². The van der Waals surface area contributed by atoms with Gasteiger partial charge in [0.1, 0.15) is 18.0 Å². The molecule has 27 heavy (non-hydrogen) atoms. The third-order valence-corrected chi connectivity index (χ3v) is 4.83. The van der Waals surface area contributed by atoms with E-state index in [1.165, 1.54) is 0 Å². The van der Waals surface area contributed by atoms with Gasteiger partial charge in [-0.15, -0.1) is 0 Å². The standard InChI is InChI=1S/C21H21N5O/c27-21(25-19-8-4-5-11-22-19)17-9-12-26(13-10-17)20-14-18(23-15-24-20)16-6-2-1-3-7-16/h1-8,11,14-15,17H,9-10,12-13H2,(H,22,25,27). The van der Waals surface area contributed by atoms with Gasteiger partial charge in [-0.1, -0.05) is 36.4 Å². The van der Waals surface area contributed by atoms with Crippen LogP contribution < -0.4 is 10.2 Å². The van der Waals surface area contributed by atoms with Crippen LogP contribution in [0.4, 0.5) is 11.6 Å². The summed E-state index contributed by atoms with van der Waals surface area (Å²) in [6.45, 7) is 1.59. The highest BCUT2D eigenvalue weighted by atomic mass is 16.1. The van der Waals surface area contributed by atoms with Crippen LogP contribution in [-0.4, -0.2) is 33.9 Å². The number of anilines is 2. The van der Waals surface area contributed by atoms with Crippen molar-refractivity contribution in [2.45, 2.75) is 12.8 Å². The number of pyridine rings is 1. The third-order valence-electron chi connectivity index (χ3n) is 4.83. The Balaban J connectivity index is 1.39. The fraction of sp³-hybridized carbons (Fsp3) is 0.238. The predicted molar refractivity (Wildman–Crippen MR) is 105 cm³/mol. The predicted octanol–water partition coefficient (Wildman–Crippen LogP) is 3.39. The molecule has 0 atom stereocenters. The van der Waals surface area contributed by atoms with Gasteiger partial charge in [0.15, 0.2) is 0 Å². The van der Waals surface area contributed by atoms with E-state index in [4.69, 9.17) is 0 Å². The van der Waals surface area contributed by atoms with E-state index >= 15 is 0 Å². The molecule has 1 aliphatic heterocycles. The number of benzene rings is 1. The Kier molecular flexibility index (Phi) is 5.05. The van der Waals surface area contributed by atoms with Gasteiger partial charge in [0.25, 0.3) is 0 Å². The zero-order valence-electron chi connectivity index (χ0n) is 15.0. The molecule has 1 amide bonds. The lowest BCUT2D eigenvalue weighted by Gasteiger charge is -2.32. The summed E-state index contributed by atoms with van der Waals surface area (Å²) in [4.78, 5) is 27.6. The quantitative estimate of drug-likeness (QED) is 0.773. The van der Waals surface area contributed by atoms with Crippen molar-refractivity contribution >= 4 is 17.5 Å². The van der Waals surface area contributed by atoms with Crippen LogP contribution in [0.15, 0.2) is 67.1 Å². The van der Waals surface area contributed by atoms with E-state index in [2.05, 4.69) is 25.2 Å². The zero-order chi connectivity index (χ0) is 18.5. The van der Waals surface area contributed by atoms with Crippen molar-refractivity contribution in [3.05, 3.63) is 67.1 Å². The summed E-state index contributed by atoms with van der Waals surface area (Å²) in [5, 5.41) is 2.90. The van der Waals surface area contributed by atoms with E-state index in [0.29, 0.717) is 5.82 Å². The number of rotatable bonds is 4. The van der Waals surface area contributed by atoms with E-state index in [1.54, 1.807) is 18.6 Å². The summed E-state index contributed by atoms with van der Waals surface area (Å²) in [5.74, 6) is 1.56. The second kappa shape index (κ2) is 7.95. The summed E-state index contributed by atoms with van der Waals surface area (Å²) in [6.07, 6.45) is 4.88. The fourth-order valence-electron chi connectivity index (χ4n) is 3.32. The number of piperidine rings is 1. The summed E-state index contributed by atoms with van der Waals surface area (Å²) in [6, 6.07) is 17.6. The molecule has 1 aromatic carbocycles. The van der Waals surface area contributed by atoms with Gasteiger partial charge in [-0.2, -0.15) is 0 Å². The van der Waals surface area contributed by atoms with Gasteiger partial charge in [0.05, 0.1) is 5.69 Å². The Hall–Kier alpha value is -3.28. The molecule has 1 saturated heterocycles. The molecule has 3 aromatic rings. The Morgan fingerprint density at radius 1 is 0.963 bits per heavy atom. The van der Waals surface area contributed by atoms with E-state index in [0.717, 1.165) is 43.0 Å². The molecule has 4 rings (SSSR count). The van der Waals surface area contributed by atoms with Crippen molar-refractivity contribution in [1.29, 1.82) is 0 Å². The van der Waals surface area contributed by atoms with Crippen molar-refractivity contribution in [1.82, 2.24) is 15.0 Å². The number of carbonyl (C=O) groups excluding carboxylic acids is 1. The van der Waals surface area contributed by atoms with Crippen molar-refractivity contribution < 1.29 is 4.79 Å². The minimum atomic E-state index is -0.00122. The molecule has 0 radical (unpaired) electrons. The highest BCUT2D eigenvalue weighted by molar-refractivity contribution is 5.91. The molecule has 0 spiro atoms. The molecule has 1 fully saturated rings. The van der Waals surface area contributed by atoms with Crippen LogP contribution in [0, 0.1) is 5.92 Å². The summed E-state index contributed by atoms with van der Waals surface area (Å²) in [7, 11) is 0. The van der Waals surface area contributed by atoms with Crippen molar-refractivity contribution in [2.24, 2.45) is 5.92 Å². The molecule has 0 unspecified atom stereocenters. The highest BCUT2D eigenvalue weighted by Crippen LogP contribution is 2.25. The van der Waals surface area contributed by atoms with Crippen molar-refractivity contribution in [3.63, 3.8) is 0 Å². The zero-order valence-corrected chi connectivity index (χ0v) is 15.0. The van der Waals surface area contributed by atoms with Crippen LogP contribution >= 0.6 is 0 Å². The summed E-state index contributed by atoms with van der Waals surface area (Å²) >= 11 is 0. The monoisotopic (exact) mass is 359 g/mol. The number of aromatic nitrogens is 3. The maximum absolute atomic E-state index is 12.5. The van der Waals surface area contributed by atoms with Gasteiger partial charge in [-0.05, 0) is 25.0 Å². The van der Waals surface area contributed by atoms with Crippen LogP contribution in [-0.2, 0) is 4.79 Å². The number of nitrogens with zero attached hydrogens (tertiary/aromatic N) is 4. The normalized spacial score (nSPS) is 14.7. The number of hydrogen-bond acceptors (Lipinski definition) is 5. The first-order valence-electron chi connectivity index (χ1n) is 9.14. The van der Waals surface area contributed by atoms with Gasteiger partial charge >= 0.3 is 0 Å². The first kappa shape index (κ1) is 17.1. The molecule has 2 aromatic heterocycles. The largest absolute Gasteiger partial charge is 0.356 e.